The van der Waals surface area contributed by atoms with Crippen molar-refractivity contribution in [2.75, 3.05) is 0 Å². The molecule has 3 aromatic rings. The number of benzene rings is 2. The smallest absolute Gasteiger partial charge is 0.0645 e. The summed E-state index contributed by atoms with van der Waals surface area (Å²) in [5.41, 5.74) is 4.62. The van der Waals surface area contributed by atoms with Gasteiger partial charge in [0, 0.05) is 16.2 Å². The number of nitrogens with zero attached hydrogens (tertiary/aromatic N) is 2. The molecular formula is C16H13BrN2. The van der Waals surface area contributed by atoms with Crippen molar-refractivity contribution in [3.8, 4) is 16.8 Å². The lowest BCUT2D eigenvalue weighted by atomic mass is 10.1. The van der Waals surface area contributed by atoms with Crippen LogP contribution in [-0.2, 0) is 0 Å². The molecule has 0 saturated heterocycles. The van der Waals surface area contributed by atoms with Crippen LogP contribution >= 0.6 is 15.9 Å². The molecule has 1 aromatic heterocycles. The van der Waals surface area contributed by atoms with Gasteiger partial charge in [0.2, 0.25) is 0 Å². The van der Waals surface area contributed by atoms with E-state index in [1.54, 1.807) is 0 Å². The first-order valence-corrected chi connectivity index (χ1v) is 6.89. The summed E-state index contributed by atoms with van der Waals surface area (Å²) in [6, 6.07) is 16.6. The van der Waals surface area contributed by atoms with Gasteiger partial charge in [0.05, 0.1) is 11.9 Å². The molecule has 3 rings (SSSR count). The van der Waals surface area contributed by atoms with Crippen molar-refractivity contribution >= 4 is 15.9 Å². The molecule has 0 atom stereocenters. The maximum atomic E-state index is 4.42. The van der Waals surface area contributed by atoms with Crippen LogP contribution < -0.4 is 0 Å². The summed E-state index contributed by atoms with van der Waals surface area (Å²) in [4.78, 5) is 0. The Kier molecular flexibility index (Phi) is 3.22. The van der Waals surface area contributed by atoms with E-state index in [9.17, 15) is 0 Å². The average Bonchev–Trinajstić information content (AvgIpc) is 2.90. The molecule has 3 heteroatoms. The van der Waals surface area contributed by atoms with E-state index in [1.807, 2.05) is 29.2 Å². The van der Waals surface area contributed by atoms with E-state index in [0.717, 1.165) is 15.7 Å². The van der Waals surface area contributed by atoms with Gasteiger partial charge in [-0.05, 0) is 36.8 Å². The lowest BCUT2D eigenvalue weighted by Crippen LogP contribution is -1.93. The molecule has 2 nitrogen and oxygen atoms in total. The van der Waals surface area contributed by atoms with Gasteiger partial charge >= 0.3 is 0 Å². The molecule has 0 amide bonds. The Bertz CT molecular complexity index is 622. The minimum Gasteiger partial charge on any atom is -0.240 e. The van der Waals surface area contributed by atoms with E-state index in [0.29, 0.717) is 0 Å². The monoisotopic (exact) mass is 312 g/mol. The number of aryl methyl sites for hydroxylation is 1. The van der Waals surface area contributed by atoms with Gasteiger partial charge in [-0.3, -0.25) is 0 Å². The van der Waals surface area contributed by atoms with Gasteiger partial charge in [-0.15, -0.1) is 0 Å². The molecular weight excluding hydrogens is 300 g/mol. The van der Waals surface area contributed by atoms with Gasteiger partial charge < -0.3 is 0 Å². The SMILES string of the molecule is Cc1ccc(-n2cc(-c3ccc(Br)cc3)cn2)cc1. The van der Waals surface area contributed by atoms with Gasteiger partial charge in [-0.2, -0.15) is 5.10 Å². The molecule has 2 aromatic carbocycles. The van der Waals surface area contributed by atoms with Crippen molar-refractivity contribution in [1.82, 2.24) is 9.78 Å². The third-order valence-electron chi connectivity index (χ3n) is 3.06. The molecule has 94 valence electrons. The predicted molar refractivity (Wildman–Crippen MR) is 81.4 cm³/mol. The first-order valence-electron chi connectivity index (χ1n) is 6.10. The minimum atomic E-state index is 1.08. The number of hydrogen-bond donors (Lipinski definition) is 0. The van der Waals surface area contributed by atoms with Crippen LogP contribution in [0.1, 0.15) is 5.56 Å². The number of halogens is 1. The number of hydrogen-bond acceptors (Lipinski definition) is 1. The maximum Gasteiger partial charge on any atom is 0.0645 e. The molecule has 0 aliphatic carbocycles. The van der Waals surface area contributed by atoms with E-state index < -0.39 is 0 Å². The summed E-state index contributed by atoms with van der Waals surface area (Å²) < 4.78 is 2.98. The molecule has 0 radical (unpaired) electrons. The van der Waals surface area contributed by atoms with Crippen molar-refractivity contribution in [3.63, 3.8) is 0 Å². The highest BCUT2D eigenvalue weighted by Crippen LogP contribution is 2.22. The molecule has 0 saturated carbocycles. The van der Waals surface area contributed by atoms with Gasteiger partial charge in [0.1, 0.15) is 0 Å². The maximum absolute atomic E-state index is 4.42. The third kappa shape index (κ3) is 2.61. The fourth-order valence-corrected chi connectivity index (χ4v) is 2.22. The molecule has 0 unspecified atom stereocenters. The Morgan fingerprint density at radius 1 is 0.895 bits per heavy atom. The normalized spacial score (nSPS) is 10.6. The average molecular weight is 313 g/mol. The lowest BCUT2D eigenvalue weighted by molar-refractivity contribution is 0.880. The highest BCUT2D eigenvalue weighted by atomic mass is 79.9. The molecule has 1 heterocycles. The second kappa shape index (κ2) is 5.02. The quantitative estimate of drug-likeness (QED) is 0.675. The topological polar surface area (TPSA) is 17.8 Å². The molecule has 0 fully saturated rings. The summed E-state index contributed by atoms with van der Waals surface area (Å²) in [6.07, 6.45) is 3.94. The summed E-state index contributed by atoms with van der Waals surface area (Å²) in [7, 11) is 0. The Balaban J connectivity index is 1.95. The largest absolute Gasteiger partial charge is 0.240 e. The predicted octanol–water partition coefficient (Wildman–Crippen LogP) is 4.61. The van der Waals surface area contributed by atoms with Crippen molar-refractivity contribution in [2.45, 2.75) is 6.92 Å². The van der Waals surface area contributed by atoms with E-state index in [1.165, 1.54) is 11.1 Å². The highest BCUT2D eigenvalue weighted by molar-refractivity contribution is 9.10. The highest BCUT2D eigenvalue weighted by Gasteiger charge is 2.03. The Morgan fingerprint density at radius 2 is 1.58 bits per heavy atom. The minimum absolute atomic E-state index is 1.08. The molecule has 0 bridgehead atoms. The van der Waals surface area contributed by atoms with Crippen LogP contribution in [0, 0.1) is 6.92 Å². The number of aromatic nitrogens is 2. The molecule has 0 aliphatic rings. The standard InChI is InChI=1S/C16H13BrN2/c1-12-2-8-16(9-3-12)19-11-14(10-18-19)13-4-6-15(17)7-5-13/h2-11H,1H3. The Labute approximate surface area is 120 Å². The fraction of sp³-hybridized carbons (Fsp3) is 0.0625. The second-order valence-electron chi connectivity index (χ2n) is 4.52. The van der Waals surface area contributed by atoms with Gasteiger partial charge in [0.25, 0.3) is 0 Å². The van der Waals surface area contributed by atoms with E-state index in [2.05, 4.69) is 64.4 Å². The van der Waals surface area contributed by atoms with Crippen molar-refractivity contribution in [3.05, 3.63) is 71.0 Å². The van der Waals surface area contributed by atoms with Gasteiger partial charge in [-0.25, -0.2) is 4.68 Å². The zero-order chi connectivity index (χ0) is 13.2. The van der Waals surface area contributed by atoms with E-state index in [4.69, 9.17) is 0 Å². The van der Waals surface area contributed by atoms with Gasteiger partial charge in [-0.1, -0.05) is 45.8 Å². The number of rotatable bonds is 2. The van der Waals surface area contributed by atoms with Crippen LogP contribution in [0.4, 0.5) is 0 Å². The first kappa shape index (κ1) is 12.2. The summed E-state index contributed by atoms with van der Waals surface area (Å²) in [5, 5.41) is 4.42. The van der Waals surface area contributed by atoms with E-state index in [-0.39, 0.29) is 0 Å². The summed E-state index contributed by atoms with van der Waals surface area (Å²) in [5.74, 6) is 0. The van der Waals surface area contributed by atoms with Crippen LogP contribution in [-0.4, -0.2) is 9.78 Å². The van der Waals surface area contributed by atoms with E-state index >= 15 is 0 Å². The second-order valence-corrected chi connectivity index (χ2v) is 5.43. The molecule has 0 spiro atoms. The Hall–Kier alpha value is -1.87. The van der Waals surface area contributed by atoms with Crippen LogP contribution in [0.2, 0.25) is 0 Å². The van der Waals surface area contributed by atoms with Crippen LogP contribution in [0.15, 0.2) is 65.4 Å². The lowest BCUT2D eigenvalue weighted by Gasteiger charge is -2.01. The zero-order valence-electron chi connectivity index (χ0n) is 10.5. The van der Waals surface area contributed by atoms with Crippen molar-refractivity contribution in [1.29, 1.82) is 0 Å². The zero-order valence-corrected chi connectivity index (χ0v) is 12.1. The summed E-state index contributed by atoms with van der Waals surface area (Å²) >= 11 is 3.45. The summed E-state index contributed by atoms with van der Waals surface area (Å²) in [6.45, 7) is 2.08. The molecule has 0 N–H and O–H groups in total. The van der Waals surface area contributed by atoms with Crippen LogP contribution in [0.25, 0.3) is 16.8 Å². The first-order chi connectivity index (χ1) is 9.22. The van der Waals surface area contributed by atoms with Crippen molar-refractivity contribution in [2.24, 2.45) is 0 Å². The van der Waals surface area contributed by atoms with Crippen LogP contribution in [0.3, 0.4) is 0 Å². The Morgan fingerprint density at radius 3 is 2.26 bits per heavy atom. The fourth-order valence-electron chi connectivity index (χ4n) is 1.95. The molecule has 0 aliphatic heterocycles. The van der Waals surface area contributed by atoms with Crippen LogP contribution in [0.5, 0.6) is 0 Å². The van der Waals surface area contributed by atoms with Crippen molar-refractivity contribution < 1.29 is 0 Å². The third-order valence-corrected chi connectivity index (χ3v) is 3.59. The van der Waals surface area contributed by atoms with Gasteiger partial charge in [0.15, 0.2) is 0 Å². The molecule has 19 heavy (non-hydrogen) atoms.